The third-order valence-corrected chi connectivity index (χ3v) is 3.43. The molecule has 20 heavy (non-hydrogen) atoms. The molecule has 0 aliphatic carbocycles. The zero-order valence-corrected chi connectivity index (χ0v) is 11.2. The molecule has 0 radical (unpaired) electrons. The SMILES string of the molecule is CC(NCc1cccc2c1OCO2)c1cccc(F)c1. The monoisotopic (exact) mass is 273 g/mol. The Bertz CT molecular complexity index is 615. The van der Waals surface area contributed by atoms with E-state index in [0.29, 0.717) is 6.54 Å². The molecule has 0 fully saturated rings. The van der Waals surface area contributed by atoms with E-state index in [4.69, 9.17) is 9.47 Å². The van der Waals surface area contributed by atoms with Gasteiger partial charge in [-0.25, -0.2) is 4.39 Å². The van der Waals surface area contributed by atoms with Crippen LogP contribution in [0.3, 0.4) is 0 Å². The lowest BCUT2D eigenvalue weighted by atomic mass is 10.1. The fourth-order valence-corrected chi connectivity index (χ4v) is 2.29. The first-order valence-electron chi connectivity index (χ1n) is 6.60. The van der Waals surface area contributed by atoms with E-state index in [1.165, 1.54) is 6.07 Å². The first kappa shape index (κ1) is 12.9. The van der Waals surface area contributed by atoms with Crippen molar-refractivity contribution in [2.24, 2.45) is 0 Å². The molecule has 1 unspecified atom stereocenters. The van der Waals surface area contributed by atoms with Crippen LogP contribution in [0, 0.1) is 5.82 Å². The van der Waals surface area contributed by atoms with Gasteiger partial charge in [-0.2, -0.15) is 0 Å². The van der Waals surface area contributed by atoms with E-state index in [-0.39, 0.29) is 18.7 Å². The standard InChI is InChI=1S/C16H16FNO2/c1-11(12-4-2-6-14(17)8-12)18-9-13-5-3-7-15-16(13)20-10-19-15/h2-8,11,18H,9-10H2,1H3. The summed E-state index contributed by atoms with van der Waals surface area (Å²) >= 11 is 0. The van der Waals surface area contributed by atoms with Crippen molar-refractivity contribution in [3.8, 4) is 11.5 Å². The van der Waals surface area contributed by atoms with Crippen molar-refractivity contribution >= 4 is 0 Å². The summed E-state index contributed by atoms with van der Waals surface area (Å²) in [5, 5.41) is 3.37. The Hall–Kier alpha value is -2.07. The van der Waals surface area contributed by atoms with Gasteiger partial charge in [-0.05, 0) is 30.7 Å². The van der Waals surface area contributed by atoms with E-state index in [1.54, 1.807) is 12.1 Å². The number of para-hydroxylation sites is 1. The largest absolute Gasteiger partial charge is 0.454 e. The quantitative estimate of drug-likeness (QED) is 0.926. The van der Waals surface area contributed by atoms with Gasteiger partial charge in [0.2, 0.25) is 6.79 Å². The number of halogens is 1. The Balaban J connectivity index is 1.69. The molecule has 1 aliphatic heterocycles. The minimum atomic E-state index is -0.214. The van der Waals surface area contributed by atoms with Crippen molar-refractivity contribution in [3.05, 3.63) is 59.4 Å². The number of ether oxygens (including phenoxy) is 2. The summed E-state index contributed by atoms with van der Waals surface area (Å²) in [4.78, 5) is 0. The van der Waals surface area contributed by atoms with Crippen LogP contribution in [-0.4, -0.2) is 6.79 Å². The molecule has 1 N–H and O–H groups in total. The van der Waals surface area contributed by atoms with Gasteiger partial charge >= 0.3 is 0 Å². The van der Waals surface area contributed by atoms with Crippen molar-refractivity contribution in [2.75, 3.05) is 6.79 Å². The second kappa shape index (κ2) is 5.51. The van der Waals surface area contributed by atoms with Crippen molar-refractivity contribution in [3.63, 3.8) is 0 Å². The van der Waals surface area contributed by atoms with Crippen LogP contribution in [0.1, 0.15) is 24.1 Å². The molecule has 1 heterocycles. The molecule has 1 aliphatic rings. The number of hydrogen-bond donors (Lipinski definition) is 1. The summed E-state index contributed by atoms with van der Waals surface area (Å²) in [6.07, 6.45) is 0. The van der Waals surface area contributed by atoms with Crippen molar-refractivity contribution < 1.29 is 13.9 Å². The van der Waals surface area contributed by atoms with Crippen molar-refractivity contribution in [1.29, 1.82) is 0 Å². The van der Waals surface area contributed by atoms with E-state index in [1.807, 2.05) is 31.2 Å². The average Bonchev–Trinajstić information content (AvgIpc) is 2.93. The highest BCUT2D eigenvalue weighted by molar-refractivity contribution is 5.48. The van der Waals surface area contributed by atoms with Crippen LogP contribution >= 0.6 is 0 Å². The molecule has 0 saturated heterocycles. The van der Waals surface area contributed by atoms with Crippen LogP contribution in [0.25, 0.3) is 0 Å². The minimum Gasteiger partial charge on any atom is -0.454 e. The van der Waals surface area contributed by atoms with Gasteiger partial charge in [-0.3, -0.25) is 0 Å². The number of fused-ring (bicyclic) bond motifs is 1. The zero-order valence-electron chi connectivity index (χ0n) is 11.2. The summed E-state index contributed by atoms with van der Waals surface area (Å²) in [7, 11) is 0. The molecule has 3 rings (SSSR count). The van der Waals surface area contributed by atoms with E-state index >= 15 is 0 Å². The second-order valence-electron chi connectivity index (χ2n) is 4.81. The van der Waals surface area contributed by atoms with E-state index in [2.05, 4.69) is 5.32 Å². The molecule has 0 amide bonds. The number of nitrogens with one attached hydrogen (secondary N) is 1. The van der Waals surface area contributed by atoms with Gasteiger partial charge in [0.25, 0.3) is 0 Å². The summed E-state index contributed by atoms with van der Waals surface area (Å²) in [6, 6.07) is 12.5. The highest BCUT2D eigenvalue weighted by Gasteiger charge is 2.17. The highest BCUT2D eigenvalue weighted by atomic mass is 19.1. The highest BCUT2D eigenvalue weighted by Crippen LogP contribution is 2.35. The van der Waals surface area contributed by atoms with E-state index < -0.39 is 0 Å². The summed E-state index contributed by atoms with van der Waals surface area (Å²) in [5.41, 5.74) is 1.97. The maximum absolute atomic E-state index is 13.2. The molecule has 0 saturated carbocycles. The van der Waals surface area contributed by atoms with Gasteiger partial charge in [-0.15, -0.1) is 0 Å². The summed E-state index contributed by atoms with van der Waals surface area (Å²) in [6.45, 7) is 2.92. The smallest absolute Gasteiger partial charge is 0.231 e. The van der Waals surface area contributed by atoms with E-state index in [9.17, 15) is 4.39 Å². The number of benzene rings is 2. The van der Waals surface area contributed by atoms with Crippen LogP contribution < -0.4 is 14.8 Å². The molecule has 2 aromatic carbocycles. The lowest BCUT2D eigenvalue weighted by Crippen LogP contribution is -2.18. The fraction of sp³-hybridized carbons (Fsp3) is 0.250. The normalized spacial score (nSPS) is 14.3. The van der Waals surface area contributed by atoms with Gasteiger partial charge in [0.05, 0.1) is 0 Å². The first-order chi connectivity index (χ1) is 9.74. The molecule has 0 aromatic heterocycles. The molecule has 104 valence electrons. The van der Waals surface area contributed by atoms with Crippen LogP contribution in [-0.2, 0) is 6.54 Å². The summed E-state index contributed by atoms with van der Waals surface area (Å²) < 4.78 is 24.0. The molecule has 0 spiro atoms. The Morgan fingerprint density at radius 1 is 1.20 bits per heavy atom. The third-order valence-electron chi connectivity index (χ3n) is 3.43. The Morgan fingerprint density at radius 2 is 2.05 bits per heavy atom. The molecular formula is C16H16FNO2. The lowest BCUT2D eigenvalue weighted by Gasteiger charge is -2.15. The Labute approximate surface area is 117 Å². The fourth-order valence-electron chi connectivity index (χ4n) is 2.29. The predicted molar refractivity (Wildman–Crippen MR) is 74.2 cm³/mol. The van der Waals surface area contributed by atoms with Crippen LogP contribution in [0.4, 0.5) is 4.39 Å². The summed E-state index contributed by atoms with van der Waals surface area (Å²) in [5.74, 6) is 1.36. The molecule has 0 bridgehead atoms. The number of rotatable bonds is 4. The molecule has 3 nitrogen and oxygen atoms in total. The topological polar surface area (TPSA) is 30.5 Å². The lowest BCUT2D eigenvalue weighted by molar-refractivity contribution is 0.173. The predicted octanol–water partition coefficient (Wildman–Crippen LogP) is 3.41. The molecule has 2 aromatic rings. The van der Waals surface area contributed by atoms with Crippen LogP contribution in [0.2, 0.25) is 0 Å². The van der Waals surface area contributed by atoms with Gasteiger partial charge in [0.15, 0.2) is 11.5 Å². The Kier molecular flexibility index (Phi) is 3.56. The van der Waals surface area contributed by atoms with Gasteiger partial charge in [0, 0.05) is 18.2 Å². The number of hydrogen-bond acceptors (Lipinski definition) is 3. The average molecular weight is 273 g/mol. The van der Waals surface area contributed by atoms with Gasteiger partial charge in [0.1, 0.15) is 5.82 Å². The van der Waals surface area contributed by atoms with Crippen molar-refractivity contribution in [2.45, 2.75) is 19.5 Å². The van der Waals surface area contributed by atoms with E-state index in [0.717, 1.165) is 22.6 Å². The maximum atomic E-state index is 13.2. The minimum absolute atomic E-state index is 0.0591. The third kappa shape index (κ3) is 2.60. The molecule has 4 heteroatoms. The molecule has 1 atom stereocenters. The molecular weight excluding hydrogens is 257 g/mol. The first-order valence-corrected chi connectivity index (χ1v) is 6.60. The van der Waals surface area contributed by atoms with Gasteiger partial charge < -0.3 is 14.8 Å². The zero-order chi connectivity index (χ0) is 13.9. The van der Waals surface area contributed by atoms with Crippen LogP contribution in [0.15, 0.2) is 42.5 Å². The second-order valence-corrected chi connectivity index (χ2v) is 4.81. The maximum Gasteiger partial charge on any atom is 0.231 e. The Morgan fingerprint density at radius 3 is 2.90 bits per heavy atom. The van der Waals surface area contributed by atoms with Crippen molar-refractivity contribution in [1.82, 2.24) is 5.32 Å². The van der Waals surface area contributed by atoms with Gasteiger partial charge in [-0.1, -0.05) is 24.3 Å². The van der Waals surface area contributed by atoms with Crippen LogP contribution in [0.5, 0.6) is 11.5 Å².